The highest BCUT2D eigenvalue weighted by Gasteiger charge is 2.16. The molecule has 0 saturated carbocycles. The summed E-state index contributed by atoms with van der Waals surface area (Å²) in [5.74, 6) is 1.91. The zero-order valence-electron chi connectivity index (χ0n) is 12.9. The quantitative estimate of drug-likeness (QED) is 0.498. The Kier molecular flexibility index (Phi) is 8.57. The van der Waals surface area contributed by atoms with Crippen molar-refractivity contribution in [3.8, 4) is 17.2 Å². The molecule has 0 saturated heterocycles. The zero-order valence-corrected chi connectivity index (χ0v) is 12.9. The Labute approximate surface area is 125 Å². The number of aliphatic hydroxyl groups excluding tert-OH is 1. The Hall–Kier alpha value is -1.50. The summed E-state index contributed by atoms with van der Waals surface area (Å²) in [6.07, 6.45) is 2.26. The molecular formula is C15H24O6. The maximum Gasteiger partial charge on any atom is 0.188 e. The average molecular weight is 300 g/mol. The molecule has 0 amide bonds. The molecule has 1 aromatic carbocycles. The largest absolute Gasteiger partial charge is 0.492 e. The highest BCUT2D eigenvalue weighted by atomic mass is 16.7. The molecule has 0 radical (unpaired) electrons. The van der Waals surface area contributed by atoms with Gasteiger partial charge < -0.3 is 28.8 Å². The van der Waals surface area contributed by atoms with Gasteiger partial charge in [-0.05, 0) is 31.4 Å². The van der Waals surface area contributed by atoms with Gasteiger partial charge in [0.15, 0.2) is 25.1 Å². The first-order chi connectivity index (χ1) is 10.3. The fraction of sp³-hybridized carbons (Fsp3) is 0.600. The van der Waals surface area contributed by atoms with E-state index in [2.05, 4.69) is 0 Å². The summed E-state index contributed by atoms with van der Waals surface area (Å²) in [6, 6.07) is 3.60. The van der Waals surface area contributed by atoms with Crippen molar-refractivity contribution < 1.29 is 28.8 Å². The monoisotopic (exact) mass is 300 g/mol. The smallest absolute Gasteiger partial charge is 0.188 e. The molecule has 21 heavy (non-hydrogen) atoms. The van der Waals surface area contributed by atoms with Crippen molar-refractivity contribution in [1.82, 2.24) is 0 Å². The molecule has 1 N–H and O–H groups in total. The topological polar surface area (TPSA) is 66.4 Å². The number of unbranched alkanes of at least 4 members (excludes halogenated alkanes) is 1. The molecule has 0 aromatic heterocycles. The van der Waals surface area contributed by atoms with Crippen molar-refractivity contribution in [3.63, 3.8) is 0 Å². The predicted molar refractivity (Wildman–Crippen MR) is 78.0 cm³/mol. The number of ether oxygens (including phenoxy) is 5. The van der Waals surface area contributed by atoms with E-state index in [0.29, 0.717) is 23.7 Å². The Bertz CT molecular complexity index is 407. The van der Waals surface area contributed by atoms with Gasteiger partial charge in [0.2, 0.25) is 0 Å². The molecule has 1 aromatic rings. The van der Waals surface area contributed by atoms with Crippen LogP contribution in [0.2, 0.25) is 0 Å². The minimum atomic E-state index is 0.144. The number of rotatable bonds is 11. The van der Waals surface area contributed by atoms with Crippen LogP contribution in [0, 0.1) is 0 Å². The van der Waals surface area contributed by atoms with Gasteiger partial charge in [-0.15, -0.1) is 0 Å². The normalized spacial score (nSPS) is 10.5. The summed E-state index contributed by atoms with van der Waals surface area (Å²) in [7, 11) is 4.72. The van der Waals surface area contributed by atoms with Gasteiger partial charge in [0.1, 0.15) is 5.75 Å². The second-order valence-corrected chi connectivity index (χ2v) is 4.36. The lowest BCUT2D eigenvalue weighted by molar-refractivity contribution is 0.0460. The van der Waals surface area contributed by atoms with Crippen molar-refractivity contribution in [2.24, 2.45) is 0 Å². The van der Waals surface area contributed by atoms with Crippen LogP contribution in [-0.2, 0) is 15.9 Å². The van der Waals surface area contributed by atoms with Crippen LogP contribution in [0.15, 0.2) is 12.1 Å². The van der Waals surface area contributed by atoms with E-state index in [1.807, 2.05) is 6.07 Å². The number of aliphatic hydroxyl groups is 1. The van der Waals surface area contributed by atoms with Crippen LogP contribution in [-0.4, -0.2) is 46.6 Å². The predicted octanol–water partition coefficient (Wildman–Crippen LogP) is 1.98. The van der Waals surface area contributed by atoms with Gasteiger partial charge in [-0.2, -0.15) is 0 Å². The van der Waals surface area contributed by atoms with Crippen molar-refractivity contribution in [3.05, 3.63) is 17.7 Å². The highest BCUT2D eigenvalue weighted by Crippen LogP contribution is 2.38. The molecule has 1 rings (SSSR count). The van der Waals surface area contributed by atoms with Gasteiger partial charge in [0.05, 0.1) is 7.11 Å². The molecule has 0 fully saturated rings. The standard InChI is InChI=1S/C15H24O6/c1-17-10-20-13-7-8-14(21-11-18-2)15(19-3)12(13)6-4-5-9-16/h7-8,16H,4-6,9-11H2,1-3H3. The zero-order chi connectivity index (χ0) is 15.5. The van der Waals surface area contributed by atoms with E-state index in [9.17, 15) is 0 Å². The van der Waals surface area contributed by atoms with Crippen LogP contribution in [0.5, 0.6) is 17.2 Å². The van der Waals surface area contributed by atoms with E-state index in [1.165, 1.54) is 0 Å². The Morgan fingerprint density at radius 3 is 2.10 bits per heavy atom. The minimum absolute atomic E-state index is 0.144. The lowest BCUT2D eigenvalue weighted by Gasteiger charge is -2.18. The van der Waals surface area contributed by atoms with E-state index in [1.54, 1.807) is 27.4 Å². The first kappa shape index (κ1) is 17.6. The molecule has 0 aliphatic heterocycles. The van der Waals surface area contributed by atoms with Gasteiger partial charge >= 0.3 is 0 Å². The van der Waals surface area contributed by atoms with Crippen LogP contribution < -0.4 is 14.2 Å². The fourth-order valence-corrected chi connectivity index (χ4v) is 1.96. The summed E-state index contributed by atoms with van der Waals surface area (Å²) in [5, 5.41) is 8.93. The molecule has 0 atom stereocenters. The van der Waals surface area contributed by atoms with E-state index >= 15 is 0 Å². The first-order valence-corrected chi connectivity index (χ1v) is 6.82. The van der Waals surface area contributed by atoms with Crippen LogP contribution in [0.4, 0.5) is 0 Å². The Morgan fingerprint density at radius 2 is 1.52 bits per heavy atom. The van der Waals surface area contributed by atoms with Crippen molar-refractivity contribution in [2.45, 2.75) is 19.3 Å². The summed E-state index contributed by atoms with van der Waals surface area (Å²) in [4.78, 5) is 0. The van der Waals surface area contributed by atoms with Crippen molar-refractivity contribution in [2.75, 3.05) is 41.5 Å². The average Bonchev–Trinajstić information content (AvgIpc) is 2.51. The van der Waals surface area contributed by atoms with Crippen LogP contribution in [0.25, 0.3) is 0 Å². The summed E-state index contributed by atoms with van der Waals surface area (Å²) >= 11 is 0. The molecular weight excluding hydrogens is 276 g/mol. The van der Waals surface area contributed by atoms with Crippen molar-refractivity contribution in [1.29, 1.82) is 0 Å². The molecule has 0 aliphatic rings. The number of methoxy groups -OCH3 is 3. The maximum absolute atomic E-state index is 8.93. The molecule has 6 heteroatoms. The Morgan fingerprint density at radius 1 is 0.905 bits per heavy atom. The van der Waals surface area contributed by atoms with Gasteiger partial charge in [-0.1, -0.05) is 0 Å². The highest BCUT2D eigenvalue weighted by molar-refractivity contribution is 5.54. The van der Waals surface area contributed by atoms with Gasteiger partial charge in [-0.3, -0.25) is 0 Å². The fourth-order valence-electron chi connectivity index (χ4n) is 1.96. The Balaban J connectivity index is 3.01. The van der Waals surface area contributed by atoms with Crippen LogP contribution >= 0.6 is 0 Å². The second-order valence-electron chi connectivity index (χ2n) is 4.36. The first-order valence-electron chi connectivity index (χ1n) is 6.82. The van der Waals surface area contributed by atoms with E-state index < -0.39 is 0 Å². The van der Waals surface area contributed by atoms with Gasteiger partial charge in [0, 0.05) is 26.4 Å². The summed E-state index contributed by atoms with van der Waals surface area (Å²) in [5.41, 5.74) is 0.900. The third-order valence-electron chi connectivity index (χ3n) is 2.88. The maximum atomic E-state index is 8.93. The minimum Gasteiger partial charge on any atom is -0.492 e. The second kappa shape index (κ2) is 10.3. The molecule has 120 valence electrons. The number of hydrogen-bond donors (Lipinski definition) is 1. The van der Waals surface area contributed by atoms with Crippen LogP contribution in [0.1, 0.15) is 18.4 Å². The molecule has 0 spiro atoms. The molecule has 0 bridgehead atoms. The SMILES string of the molecule is COCOc1ccc(OCOC)c(OC)c1CCCCO. The molecule has 0 heterocycles. The van der Waals surface area contributed by atoms with E-state index in [0.717, 1.165) is 18.4 Å². The summed E-state index contributed by atoms with van der Waals surface area (Å²) in [6.45, 7) is 0.468. The number of hydrogen-bond acceptors (Lipinski definition) is 6. The third-order valence-corrected chi connectivity index (χ3v) is 2.88. The van der Waals surface area contributed by atoms with Crippen molar-refractivity contribution >= 4 is 0 Å². The molecule has 0 unspecified atom stereocenters. The number of benzene rings is 1. The molecule has 6 nitrogen and oxygen atoms in total. The molecule has 0 aliphatic carbocycles. The van der Waals surface area contributed by atoms with Gasteiger partial charge in [-0.25, -0.2) is 0 Å². The lowest BCUT2D eigenvalue weighted by atomic mass is 10.1. The lowest BCUT2D eigenvalue weighted by Crippen LogP contribution is -2.06. The van der Waals surface area contributed by atoms with Gasteiger partial charge in [0.25, 0.3) is 0 Å². The third kappa shape index (κ3) is 5.41. The summed E-state index contributed by atoms with van der Waals surface area (Å²) < 4.78 is 26.4. The van der Waals surface area contributed by atoms with Crippen LogP contribution in [0.3, 0.4) is 0 Å². The van der Waals surface area contributed by atoms with E-state index in [-0.39, 0.29) is 20.2 Å². The van der Waals surface area contributed by atoms with E-state index in [4.69, 9.17) is 28.8 Å².